The topological polar surface area (TPSA) is 75.2 Å². The maximum atomic E-state index is 5.68. The highest BCUT2D eigenvalue weighted by Crippen LogP contribution is 2.29. The summed E-state index contributed by atoms with van der Waals surface area (Å²) in [6, 6.07) is 7.79. The van der Waals surface area contributed by atoms with Crippen molar-refractivity contribution in [3.05, 3.63) is 41.1 Å². The molecule has 0 amide bonds. The van der Waals surface area contributed by atoms with Crippen molar-refractivity contribution in [2.45, 2.75) is 0 Å². The van der Waals surface area contributed by atoms with E-state index in [0.29, 0.717) is 13.2 Å². The van der Waals surface area contributed by atoms with Crippen molar-refractivity contribution in [3.8, 4) is 11.4 Å². The molecule has 0 radical (unpaired) electrons. The third-order valence-corrected chi connectivity index (χ3v) is 3.80. The number of rotatable bonds is 5. The molecule has 0 bridgehead atoms. The quantitative estimate of drug-likeness (QED) is 0.706. The largest absolute Gasteiger partial charge is 0.490 e. The minimum absolute atomic E-state index is 0.256. The van der Waals surface area contributed by atoms with Crippen molar-refractivity contribution < 1.29 is 9.47 Å². The Kier molecular flexibility index (Phi) is 4.26. The zero-order valence-corrected chi connectivity index (χ0v) is 13.6. The lowest BCUT2D eigenvalue weighted by molar-refractivity contribution is 0.146. The Hall–Kier alpha value is -2.12. The van der Waals surface area contributed by atoms with Gasteiger partial charge in [-0.1, -0.05) is 0 Å². The minimum atomic E-state index is 0.256. The second-order valence-electron chi connectivity index (χ2n) is 4.65. The first-order chi connectivity index (χ1) is 10.7. The van der Waals surface area contributed by atoms with E-state index in [0.717, 1.165) is 26.9 Å². The smallest absolute Gasteiger partial charge is 0.221 e. The number of nitrogen functional groups attached to an aromatic ring is 1. The number of hydrogen-bond acceptors (Lipinski definition) is 5. The van der Waals surface area contributed by atoms with Crippen LogP contribution >= 0.6 is 15.9 Å². The van der Waals surface area contributed by atoms with Crippen molar-refractivity contribution >= 4 is 32.9 Å². The fourth-order valence-electron chi connectivity index (χ4n) is 2.13. The highest BCUT2D eigenvalue weighted by molar-refractivity contribution is 9.10. The third-order valence-electron chi connectivity index (χ3n) is 3.18. The van der Waals surface area contributed by atoms with E-state index in [1.54, 1.807) is 13.3 Å². The van der Waals surface area contributed by atoms with Gasteiger partial charge in [0, 0.05) is 30.6 Å². The average Bonchev–Trinajstić information content (AvgIpc) is 2.92. The van der Waals surface area contributed by atoms with Gasteiger partial charge in [-0.05, 0) is 40.2 Å². The number of fused-ring (bicyclic) bond motifs is 1. The van der Waals surface area contributed by atoms with Crippen molar-refractivity contribution in [2.24, 2.45) is 0 Å². The highest BCUT2D eigenvalue weighted by Gasteiger charge is 2.08. The zero-order chi connectivity index (χ0) is 15.5. The molecule has 0 spiro atoms. The number of nitrogens with two attached hydrogens (primary N) is 1. The summed E-state index contributed by atoms with van der Waals surface area (Å²) in [6.45, 7) is 1.05. The summed E-state index contributed by atoms with van der Waals surface area (Å²) in [5.41, 5.74) is 7.40. The predicted molar refractivity (Wildman–Crippen MR) is 88.3 cm³/mol. The van der Waals surface area contributed by atoms with Crippen LogP contribution in [0.15, 0.2) is 41.1 Å². The van der Waals surface area contributed by atoms with Crippen molar-refractivity contribution in [1.29, 1.82) is 0 Å². The van der Waals surface area contributed by atoms with Crippen molar-refractivity contribution in [3.63, 3.8) is 0 Å². The molecule has 0 atom stereocenters. The highest BCUT2D eigenvalue weighted by atomic mass is 79.9. The van der Waals surface area contributed by atoms with Gasteiger partial charge in [0.25, 0.3) is 0 Å². The van der Waals surface area contributed by atoms with Crippen LogP contribution < -0.4 is 10.5 Å². The zero-order valence-electron chi connectivity index (χ0n) is 12.0. The summed E-state index contributed by atoms with van der Waals surface area (Å²) in [4.78, 5) is 8.29. The van der Waals surface area contributed by atoms with Gasteiger partial charge in [0.05, 0.1) is 11.1 Å². The molecule has 22 heavy (non-hydrogen) atoms. The van der Waals surface area contributed by atoms with Crippen LogP contribution in [0, 0.1) is 0 Å². The maximum Gasteiger partial charge on any atom is 0.221 e. The molecular weight excluding hydrogens is 348 g/mol. The minimum Gasteiger partial charge on any atom is -0.490 e. The van der Waals surface area contributed by atoms with Crippen LogP contribution in [0.3, 0.4) is 0 Å². The first kappa shape index (κ1) is 14.8. The third kappa shape index (κ3) is 2.90. The van der Waals surface area contributed by atoms with E-state index in [4.69, 9.17) is 15.2 Å². The number of nitrogens with zero attached hydrogens (tertiary/aromatic N) is 3. The predicted octanol–water partition coefficient (Wildman–Crippen LogP) is 2.79. The van der Waals surface area contributed by atoms with Gasteiger partial charge in [-0.25, -0.2) is 4.98 Å². The number of halogens is 1. The van der Waals surface area contributed by atoms with Crippen LogP contribution in [0.25, 0.3) is 16.7 Å². The molecular formula is C15H15BrN4O2. The molecule has 0 aliphatic heterocycles. The number of methoxy groups -OCH3 is 1. The van der Waals surface area contributed by atoms with Crippen LogP contribution in [-0.4, -0.2) is 34.9 Å². The molecule has 3 rings (SSSR count). The molecule has 114 valence electrons. The Bertz CT molecular complexity index is 803. The van der Waals surface area contributed by atoms with Gasteiger partial charge in [0.1, 0.15) is 18.0 Å². The van der Waals surface area contributed by atoms with E-state index in [1.807, 2.05) is 35.0 Å². The summed E-state index contributed by atoms with van der Waals surface area (Å²) >= 11 is 3.53. The maximum absolute atomic E-state index is 5.68. The Morgan fingerprint density at radius 2 is 2.14 bits per heavy atom. The summed E-state index contributed by atoms with van der Waals surface area (Å²) < 4.78 is 13.4. The molecule has 0 aliphatic carbocycles. The molecule has 2 aromatic heterocycles. The van der Waals surface area contributed by atoms with Crippen LogP contribution in [0.4, 0.5) is 5.95 Å². The lowest BCUT2D eigenvalue weighted by atomic mass is 10.3. The van der Waals surface area contributed by atoms with E-state index in [1.165, 1.54) is 0 Å². The normalized spacial score (nSPS) is 11.0. The summed E-state index contributed by atoms with van der Waals surface area (Å²) in [7, 11) is 1.65. The van der Waals surface area contributed by atoms with Gasteiger partial charge < -0.3 is 19.8 Å². The Balaban J connectivity index is 1.94. The monoisotopic (exact) mass is 362 g/mol. The number of aromatic nitrogens is 3. The van der Waals surface area contributed by atoms with Crippen molar-refractivity contribution in [2.75, 3.05) is 26.1 Å². The second-order valence-corrected chi connectivity index (χ2v) is 5.50. The van der Waals surface area contributed by atoms with Crippen LogP contribution in [0.5, 0.6) is 5.75 Å². The van der Waals surface area contributed by atoms with E-state index < -0.39 is 0 Å². The molecule has 2 heterocycles. The molecule has 3 aromatic rings. The Morgan fingerprint density at radius 1 is 1.27 bits per heavy atom. The average molecular weight is 363 g/mol. The standard InChI is InChI=1S/C15H15BrN4O2/c1-21-6-7-22-13-3-2-11(8-12(13)16)20-5-4-10-9-18-15(17)19-14(10)20/h2-5,8-9H,6-7H2,1H3,(H2,17,18,19). The Labute approximate surface area is 136 Å². The Morgan fingerprint density at radius 3 is 2.91 bits per heavy atom. The molecule has 2 N–H and O–H groups in total. The molecule has 6 nitrogen and oxygen atoms in total. The number of anilines is 1. The van der Waals surface area contributed by atoms with Gasteiger partial charge in [0.2, 0.25) is 5.95 Å². The van der Waals surface area contributed by atoms with Gasteiger partial charge in [-0.2, -0.15) is 4.98 Å². The van der Waals surface area contributed by atoms with Gasteiger partial charge in [-0.15, -0.1) is 0 Å². The molecule has 1 aromatic carbocycles. The fraction of sp³-hybridized carbons (Fsp3) is 0.200. The van der Waals surface area contributed by atoms with Gasteiger partial charge in [0.15, 0.2) is 0 Å². The molecule has 0 fully saturated rings. The number of ether oxygens (including phenoxy) is 2. The molecule has 0 saturated carbocycles. The summed E-state index contributed by atoms with van der Waals surface area (Å²) in [6.07, 6.45) is 3.65. The molecule has 0 aliphatic rings. The molecule has 0 saturated heterocycles. The summed E-state index contributed by atoms with van der Waals surface area (Å²) in [5, 5.41) is 0.936. The number of hydrogen-bond donors (Lipinski definition) is 1. The summed E-state index contributed by atoms with van der Waals surface area (Å²) in [5.74, 6) is 1.03. The first-order valence-corrected chi connectivity index (χ1v) is 7.49. The van der Waals surface area contributed by atoms with E-state index in [2.05, 4.69) is 25.9 Å². The van der Waals surface area contributed by atoms with E-state index >= 15 is 0 Å². The van der Waals surface area contributed by atoms with Crippen molar-refractivity contribution in [1.82, 2.24) is 14.5 Å². The SMILES string of the molecule is COCCOc1ccc(-n2ccc3cnc(N)nc32)cc1Br. The van der Waals surface area contributed by atoms with Crippen LogP contribution in [0.2, 0.25) is 0 Å². The lowest BCUT2D eigenvalue weighted by Crippen LogP contribution is -2.05. The molecule has 7 heteroatoms. The fourth-order valence-corrected chi connectivity index (χ4v) is 2.61. The van der Waals surface area contributed by atoms with Crippen LogP contribution in [0.1, 0.15) is 0 Å². The van der Waals surface area contributed by atoms with E-state index in [9.17, 15) is 0 Å². The number of benzene rings is 1. The van der Waals surface area contributed by atoms with Gasteiger partial charge >= 0.3 is 0 Å². The first-order valence-electron chi connectivity index (χ1n) is 6.70. The second kappa shape index (κ2) is 6.33. The van der Waals surface area contributed by atoms with E-state index in [-0.39, 0.29) is 5.95 Å². The lowest BCUT2D eigenvalue weighted by Gasteiger charge is -2.10. The van der Waals surface area contributed by atoms with Crippen LogP contribution in [-0.2, 0) is 4.74 Å². The van der Waals surface area contributed by atoms with Gasteiger partial charge in [-0.3, -0.25) is 0 Å². The molecule has 0 unspecified atom stereocenters.